The molecule has 0 saturated heterocycles. The first-order valence-electron chi connectivity index (χ1n) is 9.10. The van der Waals surface area contributed by atoms with Crippen molar-refractivity contribution in [3.05, 3.63) is 96.1 Å². The van der Waals surface area contributed by atoms with E-state index in [0.717, 1.165) is 5.56 Å². The Hall–Kier alpha value is -1.73. The fraction of sp³-hybridized carbons (Fsp3) is 0.217. The highest BCUT2D eigenvalue weighted by atomic mass is 32.3. The molecule has 3 rings (SSSR count). The SMILES string of the molecule is CC(C)(C)c1ccc(C(S)S(=O)(=O)O)cc1.c1ccc(Sc2ccccc2)cc1. The smallest absolute Gasteiger partial charge is 0.281 e. The molecule has 3 nitrogen and oxygen atoms in total. The Bertz CT molecular complexity index is 942. The zero-order valence-electron chi connectivity index (χ0n) is 16.7. The summed E-state index contributed by atoms with van der Waals surface area (Å²) >= 11 is 5.66. The van der Waals surface area contributed by atoms with Gasteiger partial charge in [0.15, 0.2) is 4.58 Å². The third-order valence-corrected chi connectivity index (χ3v) is 7.02. The highest BCUT2D eigenvalue weighted by Gasteiger charge is 2.21. The monoisotopic (exact) mass is 446 g/mol. The zero-order valence-corrected chi connectivity index (χ0v) is 19.2. The summed E-state index contributed by atoms with van der Waals surface area (Å²) in [6.45, 7) is 6.22. The van der Waals surface area contributed by atoms with Crippen molar-refractivity contribution in [2.75, 3.05) is 0 Å². The van der Waals surface area contributed by atoms with Crippen LogP contribution in [0, 0.1) is 0 Å². The molecular weight excluding hydrogens is 420 g/mol. The summed E-state index contributed by atoms with van der Waals surface area (Å²) in [6.07, 6.45) is 0. The van der Waals surface area contributed by atoms with Crippen LogP contribution in [0.25, 0.3) is 0 Å². The molecule has 29 heavy (non-hydrogen) atoms. The molecule has 3 aromatic rings. The van der Waals surface area contributed by atoms with Gasteiger partial charge in [-0.15, -0.1) is 0 Å². The van der Waals surface area contributed by atoms with Crippen LogP contribution in [0.5, 0.6) is 0 Å². The van der Waals surface area contributed by atoms with Gasteiger partial charge < -0.3 is 0 Å². The minimum Gasteiger partial charge on any atom is -0.284 e. The molecule has 0 aromatic heterocycles. The Kier molecular flexibility index (Phi) is 8.40. The minimum atomic E-state index is -4.14. The van der Waals surface area contributed by atoms with E-state index in [1.807, 2.05) is 24.3 Å². The lowest BCUT2D eigenvalue weighted by molar-refractivity contribution is 0.481. The van der Waals surface area contributed by atoms with E-state index < -0.39 is 14.7 Å². The second-order valence-corrected chi connectivity index (χ2v) is 11.0. The molecule has 0 aliphatic heterocycles. The van der Waals surface area contributed by atoms with Crippen LogP contribution in [0.2, 0.25) is 0 Å². The van der Waals surface area contributed by atoms with Gasteiger partial charge in [-0.2, -0.15) is 21.0 Å². The van der Waals surface area contributed by atoms with Crippen LogP contribution in [-0.2, 0) is 15.5 Å². The van der Waals surface area contributed by atoms with Gasteiger partial charge in [0.25, 0.3) is 10.1 Å². The van der Waals surface area contributed by atoms with Crippen molar-refractivity contribution in [2.45, 2.75) is 40.6 Å². The van der Waals surface area contributed by atoms with E-state index in [2.05, 4.69) is 81.9 Å². The van der Waals surface area contributed by atoms with Crippen LogP contribution >= 0.6 is 24.4 Å². The largest absolute Gasteiger partial charge is 0.284 e. The second-order valence-electron chi connectivity index (χ2n) is 7.47. The third kappa shape index (κ3) is 7.90. The van der Waals surface area contributed by atoms with Crippen LogP contribution < -0.4 is 0 Å². The lowest BCUT2D eigenvalue weighted by atomic mass is 9.87. The van der Waals surface area contributed by atoms with E-state index in [9.17, 15) is 8.42 Å². The lowest BCUT2D eigenvalue weighted by Gasteiger charge is -2.19. The summed E-state index contributed by atoms with van der Waals surface area (Å²) in [6, 6.07) is 27.9. The van der Waals surface area contributed by atoms with Gasteiger partial charge in [0, 0.05) is 9.79 Å². The van der Waals surface area contributed by atoms with E-state index in [-0.39, 0.29) is 5.41 Å². The van der Waals surface area contributed by atoms with Crippen LogP contribution in [0.15, 0.2) is 94.7 Å². The summed E-state index contributed by atoms with van der Waals surface area (Å²) in [5.74, 6) is 0. The molecule has 0 aliphatic carbocycles. The first kappa shape index (κ1) is 23.5. The van der Waals surface area contributed by atoms with Crippen molar-refractivity contribution >= 4 is 34.5 Å². The summed E-state index contributed by atoms with van der Waals surface area (Å²) in [7, 11) is -4.14. The number of thiol groups is 1. The van der Waals surface area contributed by atoms with E-state index in [1.54, 1.807) is 23.9 Å². The molecule has 0 saturated carbocycles. The predicted molar refractivity (Wildman–Crippen MR) is 125 cm³/mol. The maximum absolute atomic E-state index is 10.9. The summed E-state index contributed by atoms with van der Waals surface area (Å²) < 4.78 is 29.5. The van der Waals surface area contributed by atoms with Crippen molar-refractivity contribution in [1.82, 2.24) is 0 Å². The average Bonchev–Trinajstić information content (AvgIpc) is 2.68. The average molecular weight is 447 g/mol. The topological polar surface area (TPSA) is 54.4 Å². The normalized spacial score (nSPS) is 12.6. The lowest BCUT2D eigenvalue weighted by Crippen LogP contribution is -2.11. The molecule has 0 spiro atoms. The van der Waals surface area contributed by atoms with Crippen molar-refractivity contribution < 1.29 is 13.0 Å². The van der Waals surface area contributed by atoms with E-state index in [4.69, 9.17) is 4.55 Å². The molecule has 0 heterocycles. The van der Waals surface area contributed by atoms with Gasteiger partial charge in [0.2, 0.25) is 0 Å². The van der Waals surface area contributed by atoms with Crippen molar-refractivity contribution in [3.63, 3.8) is 0 Å². The van der Waals surface area contributed by atoms with Crippen LogP contribution in [0.4, 0.5) is 0 Å². The molecular formula is C23H26O3S3. The zero-order chi connectivity index (χ0) is 21.5. The Morgan fingerprint density at radius 1 is 0.793 bits per heavy atom. The molecule has 1 N–H and O–H groups in total. The highest BCUT2D eigenvalue weighted by molar-refractivity contribution is 8.01. The Balaban J connectivity index is 0.000000211. The minimum absolute atomic E-state index is 0.0166. The molecule has 3 aromatic carbocycles. The summed E-state index contributed by atoms with van der Waals surface area (Å²) in [5, 5.41) is 0. The molecule has 1 atom stereocenters. The first-order chi connectivity index (χ1) is 13.6. The fourth-order valence-electron chi connectivity index (χ4n) is 2.43. The highest BCUT2D eigenvalue weighted by Crippen LogP contribution is 2.28. The maximum Gasteiger partial charge on any atom is 0.281 e. The van der Waals surface area contributed by atoms with E-state index in [1.165, 1.54) is 9.79 Å². The van der Waals surface area contributed by atoms with Crippen molar-refractivity contribution in [3.8, 4) is 0 Å². The third-order valence-electron chi connectivity index (χ3n) is 4.07. The number of hydrogen-bond acceptors (Lipinski definition) is 4. The van der Waals surface area contributed by atoms with Gasteiger partial charge in [-0.3, -0.25) is 4.55 Å². The molecule has 0 aliphatic rings. The fourth-order valence-corrected chi connectivity index (χ4v) is 3.96. The molecule has 0 bridgehead atoms. The first-order valence-corrected chi connectivity index (χ1v) is 11.9. The summed E-state index contributed by atoms with van der Waals surface area (Å²) in [5.41, 5.74) is 1.59. The predicted octanol–water partition coefficient (Wildman–Crippen LogP) is 6.64. The molecule has 154 valence electrons. The Labute approximate surface area is 183 Å². The van der Waals surface area contributed by atoms with Gasteiger partial charge >= 0.3 is 0 Å². The number of hydrogen-bond donors (Lipinski definition) is 2. The Morgan fingerprint density at radius 2 is 1.21 bits per heavy atom. The number of benzene rings is 3. The van der Waals surface area contributed by atoms with Gasteiger partial charge in [-0.05, 0) is 40.8 Å². The van der Waals surface area contributed by atoms with Crippen LogP contribution in [0.1, 0.15) is 36.5 Å². The van der Waals surface area contributed by atoms with Crippen LogP contribution in [-0.4, -0.2) is 13.0 Å². The van der Waals surface area contributed by atoms with Crippen molar-refractivity contribution in [1.29, 1.82) is 0 Å². The standard InChI is InChI=1S/C12H10S.C11H16O3S2/c1-3-7-11(8-4-1)13-12-9-5-2-6-10-12;1-11(2,3)9-6-4-8(5-7-9)10(15)16(12,13)14/h1-10H;4-7,10,15H,1-3H3,(H,12,13,14). The quantitative estimate of drug-likeness (QED) is 0.348. The van der Waals surface area contributed by atoms with E-state index in [0.29, 0.717) is 5.56 Å². The number of rotatable bonds is 4. The van der Waals surface area contributed by atoms with Gasteiger partial charge in [0.1, 0.15) is 0 Å². The molecule has 0 radical (unpaired) electrons. The molecule has 0 amide bonds. The van der Waals surface area contributed by atoms with Gasteiger partial charge in [-0.1, -0.05) is 93.2 Å². The Morgan fingerprint density at radius 3 is 1.55 bits per heavy atom. The summed E-state index contributed by atoms with van der Waals surface area (Å²) in [4.78, 5) is 2.57. The van der Waals surface area contributed by atoms with Gasteiger partial charge in [0.05, 0.1) is 0 Å². The molecule has 6 heteroatoms. The van der Waals surface area contributed by atoms with Gasteiger partial charge in [-0.25, -0.2) is 0 Å². The maximum atomic E-state index is 10.9. The molecule has 1 unspecified atom stereocenters. The molecule has 0 fully saturated rings. The second kappa shape index (κ2) is 10.3. The van der Waals surface area contributed by atoms with E-state index >= 15 is 0 Å². The van der Waals surface area contributed by atoms with Crippen LogP contribution in [0.3, 0.4) is 0 Å². The van der Waals surface area contributed by atoms with Crippen molar-refractivity contribution in [2.24, 2.45) is 0 Å².